The molecular weight excluding hydrogens is 481 g/mol. The van der Waals surface area contributed by atoms with E-state index in [-0.39, 0.29) is 24.2 Å². The van der Waals surface area contributed by atoms with Crippen LogP contribution in [0.15, 0.2) is 49.3 Å². The van der Waals surface area contributed by atoms with Crippen molar-refractivity contribution in [3.63, 3.8) is 0 Å². The minimum atomic E-state index is -4.61. The van der Waals surface area contributed by atoms with Crippen molar-refractivity contribution in [1.29, 1.82) is 0 Å². The van der Waals surface area contributed by atoms with Gasteiger partial charge in [-0.2, -0.15) is 18.3 Å². The summed E-state index contributed by atoms with van der Waals surface area (Å²) in [6.07, 6.45) is 4.93. The number of halogens is 3. The first-order chi connectivity index (χ1) is 17.6. The molecule has 2 aromatic heterocycles. The molecule has 7 nitrogen and oxygen atoms in total. The van der Waals surface area contributed by atoms with Crippen LogP contribution in [0.3, 0.4) is 0 Å². The smallest absolute Gasteiger partial charge is 0.382 e. The lowest BCUT2D eigenvalue weighted by Crippen LogP contribution is -2.46. The number of aromatic nitrogens is 3. The third-order valence-corrected chi connectivity index (χ3v) is 7.21. The number of rotatable bonds is 7. The van der Waals surface area contributed by atoms with E-state index in [2.05, 4.69) is 32.6 Å². The lowest BCUT2D eigenvalue weighted by molar-refractivity contribution is -0.0688. The highest BCUT2D eigenvalue weighted by Gasteiger charge is 2.46. The Morgan fingerprint density at radius 1 is 1.32 bits per heavy atom. The molecule has 3 heterocycles. The number of carbonyl (C=O) groups is 1. The van der Waals surface area contributed by atoms with Gasteiger partial charge in [-0.05, 0) is 49.4 Å². The summed E-state index contributed by atoms with van der Waals surface area (Å²) >= 11 is 0. The van der Waals surface area contributed by atoms with Crippen LogP contribution in [-0.2, 0) is 7.05 Å². The fourth-order valence-electron chi connectivity index (χ4n) is 5.30. The van der Waals surface area contributed by atoms with E-state index in [4.69, 9.17) is 0 Å². The van der Waals surface area contributed by atoms with E-state index in [1.54, 1.807) is 43.6 Å². The van der Waals surface area contributed by atoms with E-state index in [1.807, 2.05) is 6.07 Å². The fourth-order valence-corrected chi connectivity index (χ4v) is 5.30. The molecule has 3 aromatic rings. The monoisotopic (exact) mass is 510 g/mol. The number of aryl methyl sites for hydroxylation is 1. The molecule has 0 atom stereocenters. The predicted molar refractivity (Wildman–Crippen MR) is 138 cm³/mol. The molecular formula is C27H29F3N6O. The average molecular weight is 511 g/mol. The van der Waals surface area contributed by atoms with Gasteiger partial charge in [0, 0.05) is 48.8 Å². The number of benzene rings is 1. The summed E-state index contributed by atoms with van der Waals surface area (Å²) in [5.74, 6) is -0.294. The maximum Gasteiger partial charge on any atom is 0.417 e. The summed E-state index contributed by atoms with van der Waals surface area (Å²) in [7, 11) is 1.71. The van der Waals surface area contributed by atoms with Gasteiger partial charge in [0.05, 0.1) is 28.7 Å². The van der Waals surface area contributed by atoms with Gasteiger partial charge in [0.2, 0.25) is 0 Å². The van der Waals surface area contributed by atoms with Crippen molar-refractivity contribution in [2.75, 3.05) is 25.0 Å². The first-order valence-electron chi connectivity index (χ1n) is 12.2. The van der Waals surface area contributed by atoms with E-state index < -0.39 is 11.7 Å². The first-order valence-corrected chi connectivity index (χ1v) is 12.2. The molecule has 1 spiro atoms. The number of fused-ring (bicyclic) bond motifs is 1. The molecule has 0 radical (unpaired) electrons. The van der Waals surface area contributed by atoms with Gasteiger partial charge in [-0.1, -0.05) is 24.8 Å². The van der Waals surface area contributed by atoms with Gasteiger partial charge in [-0.15, -0.1) is 0 Å². The van der Waals surface area contributed by atoms with Crippen LogP contribution in [0.1, 0.15) is 41.0 Å². The molecule has 1 aromatic carbocycles. The van der Waals surface area contributed by atoms with Crippen molar-refractivity contribution in [3.8, 4) is 0 Å². The molecule has 2 fully saturated rings. The van der Waals surface area contributed by atoms with E-state index in [9.17, 15) is 18.0 Å². The van der Waals surface area contributed by atoms with Crippen LogP contribution in [-0.4, -0.2) is 52.5 Å². The Labute approximate surface area is 212 Å². The molecule has 1 saturated carbocycles. The average Bonchev–Trinajstić information content (AvgIpc) is 3.50. The van der Waals surface area contributed by atoms with E-state index >= 15 is 0 Å². The quantitative estimate of drug-likeness (QED) is 0.435. The number of pyridine rings is 1. The van der Waals surface area contributed by atoms with Crippen molar-refractivity contribution in [1.82, 2.24) is 25.4 Å². The molecule has 1 aliphatic heterocycles. The highest BCUT2D eigenvalue weighted by Crippen LogP contribution is 2.47. The van der Waals surface area contributed by atoms with Gasteiger partial charge in [-0.3, -0.25) is 9.48 Å². The number of anilines is 1. The van der Waals surface area contributed by atoms with Crippen LogP contribution in [0.2, 0.25) is 0 Å². The van der Waals surface area contributed by atoms with E-state index in [0.29, 0.717) is 27.4 Å². The van der Waals surface area contributed by atoms with Crippen LogP contribution < -0.4 is 16.0 Å². The molecule has 1 aliphatic carbocycles. The largest absolute Gasteiger partial charge is 0.417 e. The molecule has 3 N–H and O–H groups in total. The van der Waals surface area contributed by atoms with Crippen LogP contribution >= 0.6 is 0 Å². The molecule has 0 bridgehead atoms. The summed E-state index contributed by atoms with van der Waals surface area (Å²) in [6.45, 7) is 5.54. The molecule has 0 unspecified atom stereocenters. The molecule has 1 amide bonds. The molecule has 37 heavy (non-hydrogen) atoms. The summed E-state index contributed by atoms with van der Waals surface area (Å²) in [4.78, 5) is 16.5. The summed E-state index contributed by atoms with van der Waals surface area (Å²) in [6, 6.07) is 7.33. The van der Waals surface area contributed by atoms with E-state index in [1.165, 1.54) is 10.9 Å². The second-order valence-electron chi connectivity index (χ2n) is 9.96. The van der Waals surface area contributed by atoms with Gasteiger partial charge < -0.3 is 16.0 Å². The second-order valence-corrected chi connectivity index (χ2v) is 9.96. The van der Waals surface area contributed by atoms with Gasteiger partial charge in [0.25, 0.3) is 5.91 Å². The lowest BCUT2D eigenvalue weighted by atomic mass is 9.65. The zero-order chi connectivity index (χ0) is 26.2. The Morgan fingerprint density at radius 3 is 2.81 bits per heavy atom. The van der Waals surface area contributed by atoms with Gasteiger partial charge in [0.15, 0.2) is 0 Å². The Kier molecular flexibility index (Phi) is 6.53. The summed E-state index contributed by atoms with van der Waals surface area (Å²) < 4.78 is 42.5. The zero-order valence-electron chi connectivity index (χ0n) is 20.5. The van der Waals surface area contributed by atoms with Crippen LogP contribution in [0.4, 0.5) is 18.9 Å². The third-order valence-electron chi connectivity index (χ3n) is 7.21. The fraction of sp³-hybridized carbons (Fsp3) is 0.370. The number of alkyl halides is 3. The second kappa shape index (κ2) is 9.66. The van der Waals surface area contributed by atoms with Gasteiger partial charge in [0.1, 0.15) is 0 Å². The van der Waals surface area contributed by atoms with Crippen molar-refractivity contribution < 1.29 is 18.0 Å². The zero-order valence-corrected chi connectivity index (χ0v) is 20.5. The molecule has 194 valence electrons. The highest BCUT2D eigenvalue weighted by atomic mass is 19.4. The molecule has 10 heteroatoms. The SMILES string of the molecule is C=C(c1nc(/C=C/CNC(=O)c2cnn(C)c2)cc2c(NC3CC4(CCNC4)C3)cccc12)C(F)(F)F. The topological polar surface area (TPSA) is 83.9 Å². The number of allylic oxidation sites excluding steroid dienone is 1. The normalized spacial score (nSPS) is 21.5. The van der Waals surface area contributed by atoms with Crippen LogP contribution in [0.25, 0.3) is 22.4 Å². The Balaban J connectivity index is 1.39. The Hall–Kier alpha value is -3.66. The summed E-state index contributed by atoms with van der Waals surface area (Å²) in [5.41, 5.74) is 0.704. The minimum Gasteiger partial charge on any atom is -0.382 e. The highest BCUT2D eigenvalue weighted by molar-refractivity contribution is 6.01. The summed E-state index contributed by atoms with van der Waals surface area (Å²) in [5, 5.41) is 14.7. The predicted octanol–water partition coefficient (Wildman–Crippen LogP) is 4.54. The van der Waals surface area contributed by atoms with Gasteiger partial charge >= 0.3 is 6.18 Å². The molecule has 1 saturated heterocycles. The number of nitrogens with zero attached hydrogens (tertiary/aromatic N) is 3. The molecule has 5 rings (SSSR count). The third kappa shape index (κ3) is 5.24. The van der Waals surface area contributed by atoms with Crippen LogP contribution in [0, 0.1) is 5.41 Å². The Morgan fingerprint density at radius 2 is 2.14 bits per heavy atom. The number of hydrogen-bond acceptors (Lipinski definition) is 5. The number of amides is 1. The standard InChI is InChI=1S/C27H29F3N6O/c1-17(27(28,29)30)24-21-6-3-7-23(34-20-12-26(13-20)8-10-31-16-26)22(21)11-19(35-24)5-4-9-32-25(37)18-14-33-36(2)15-18/h3-7,11,14-15,20,31,34H,1,8-10,12-13,16H2,2H3,(H,32,37)/b5-4+. The number of carbonyl (C=O) groups excluding carboxylic acids is 1. The number of nitrogens with one attached hydrogen (secondary N) is 3. The number of hydrogen-bond donors (Lipinski definition) is 3. The van der Waals surface area contributed by atoms with Crippen molar-refractivity contribution in [2.24, 2.45) is 12.5 Å². The van der Waals surface area contributed by atoms with Crippen molar-refractivity contribution in [2.45, 2.75) is 31.5 Å². The van der Waals surface area contributed by atoms with Crippen LogP contribution in [0.5, 0.6) is 0 Å². The van der Waals surface area contributed by atoms with E-state index in [0.717, 1.165) is 38.0 Å². The molecule has 2 aliphatic rings. The minimum absolute atomic E-state index is 0.182. The first kappa shape index (κ1) is 25.0. The lowest BCUT2D eigenvalue weighted by Gasteiger charge is -2.45. The maximum absolute atomic E-state index is 13.7. The van der Waals surface area contributed by atoms with Gasteiger partial charge in [-0.25, -0.2) is 4.98 Å². The van der Waals surface area contributed by atoms with Crippen molar-refractivity contribution in [3.05, 3.63) is 66.3 Å². The maximum atomic E-state index is 13.7. The van der Waals surface area contributed by atoms with Crippen molar-refractivity contribution >= 4 is 34.0 Å². The Bertz CT molecular complexity index is 1360.